The van der Waals surface area contributed by atoms with E-state index in [4.69, 9.17) is 11.6 Å². The van der Waals surface area contributed by atoms with Crippen LogP contribution < -0.4 is 5.32 Å². The molecule has 1 atom stereocenters. The zero-order chi connectivity index (χ0) is 15.9. The second kappa shape index (κ2) is 8.16. The van der Waals surface area contributed by atoms with Gasteiger partial charge in [-0.15, -0.1) is 0 Å². The van der Waals surface area contributed by atoms with Crippen LogP contribution in [0, 0.1) is 0 Å². The van der Waals surface area contributed by atoms with Crippen molar-refractivity contribution in [2.75, 3.05) is 25.0 Å². The summed E-state index contributed by atoms with van der Waals surface area (Å²) in [5, 5.41) is 5.33. The van der Waals surface area contributed by atoms with Gasteiger partial charge in [-0.05, 0) is 44.3 Å². The average molecular weight is 318 g/mol. The number of nitrogens with zero attached hydrogens (tertiary/aromatic N) is 2. The average Bonchev–Trinajstić information content (AvgIpc) is 2.51. The van der Waals surface area contributed by atoms with Crippen LogP contribution in [0.3, 0.4) is 0 Å². The number of pyridine rings is 1. The molecule has 2 rings (SSSR count). The molecule has 22 heavy (non-hydrogen) atoms. The molecular formula is C18H24ClN3. The van der Waals surface area contributed by atoms with Crippen LogP contribution in [0.25, 0.3) is 10.9 Å². The van der Waals surface area contributed by atoms with Gasteiger partial charge in [0.25, 0.3) is 0 Å². The summed E-state index contributed by atoms with van der Waals surface area (Å²) < 4.78 is 0. The number of hydrogen-bond donors (Lipinski definition) is 1. The van der Waals surface area contributed by atoms with Crippen molar-refractivity contribution in [1.29, 1.82) is 0 Å². The highest BCUT2D eigenvalue weighted by molar-refractivity contribution is 6.31. The smallest absolute Gasteiger partial charge is 0.0737 e. The molecule has 0 spiro atoms. The highest BCUT2D eigenvalue weighted by atomic mass is 35.5. The third-order valence-electron chi connectivity index (χ3n) is 3.77. The van der Waals surface area contributed by atoms with Gasteiger partial charge >= 0.3 is 0 Å². The van der Waals surface area contributed by atoms with Crippen molar-refractivity contribution < 1.29 is 0 Å². The normalized spacial score (nSPS) is 13.1. The van der Waals surface area contributed by atoms with Crippen LogP contribution in [0.1, 0.15) is 20.8 Å². The van der Waals surface area contributed by atoms with E-state index in [1.807, 2.05) is 30.5 Å². The topological polar surface area (TPSA) is 28.2 Å². The van der Waals surface area contributed by atoms with Crippen molar-refractivity contribution in [1.82, 2.24) is 9.88 Å². The number of likely N-dealkylation sites (N-methyl/N-ethyl adjacent to an activating group) is 1. The van der Waals surface area contributed by atoms with E-state index < -0.39 is 0 Å². The SMILES string of the molecule is CCN(CC)C/C=C\C(C)Nc1ccnc2cc(Cl)ccc12. The molecule has 0 fully saturated rings. The molecule has 1 aromatic heterocycles. The van der Waals surface area contributed by atoms with Gasteiger partial charge in [0.15, 0.2) is 0 Å². The maximum absolute atomic E-state index is 6.03. The fourth-order valence-corrected chi connectivity index (χ4v) is 2.60. The zero-order valence-corrected chi connectivity index (χ0v) is 14.3. The first-order valence-electron chi connectivity index (χ1n) is 7.83. The largest absolute Gasteiger partial charge is 0.379 e. The molecule has 1 aromatic carbocycles. The van der Waals surface area contributed by atoms with Crippen LogP contribution in [-0.4, -0.2) is 35.6 Å². The van der Waals surface area contributed by atoms with Crippen molar-refractivity contribution >= 4 is 28.2 Å². The Labute approximate surface area is 138 Å². The second-order valence-corrected chi connectivity index (χ2v) is 5.80. The fraction of sp³-hybridized carbons (Fsp3) is 0.389. The highest BCUT2D eigenvalue weighted by Gasteiger charge is 2.04. The van der Waals surface area contributed by atoms with Crippen LogP contribution in [0.5, 0.6) is 0 Å². The summed E-state index contributed by atoms with van der Waals surface area (Å²) in [6.45, 7) is 9.68. The lowest BCUT2D eigenvalue weighted by molar-refractivity contribution is 0.337. The molecule has 0 bridgehead atoms. The number of benzene rings is 1. The number of fused-ring (bicyclic) bond motifs is 1. The minimum absolute atomic E-state index is 0.261. The molecule has 0 aliphatic carbocycles. The molecular weight excluding hydrogens is 294 g/mol. The molecule has 3 nitrogen and oxygen atoms in total. The number of aromatic nitrogens is 1. The molecule has 4 heteroatoms. The third kappa shape index (κ3) is 4.46. The van der Waals surface area contributed by atoms with Gasteiger partial charge in [0.05, 0.1) is 5.52 Å². The molecule has 0 saturated heterocycles. The van der Waals surface area contributed by atoms with Crippen LogP contribution >= 0.6 is 11.6 Å². The molecule has 2 aromatic rings. The van der Waals surface area contributed by atoms with Gasteiger partial charge in [0.1, 0.15) is 0 Å². The quantitative estimate of drug-likeness (QED) is 0.757. The predicted octanol–water partition coefficient (Wildman–Crippen LogP) is 4.59. The summed E-state index contributed by atoms with van der Waals surface area (Å²) in [4.78, 5) is 6.75. The van der Waals surface area contributed by atoms with Crippen molar-refractivity contribution in [2.24, 2.45) is 0 Å². The van der Waals surface area contributed by atoms with Gasteiger partial charge in [0.2, 0.25) is 0 Å². The molecule has 1 unspecified atom stereocenters. The summed E-state index contributed by atoms with van der Waals surface area (Å²) >= 11 is 6.03. The number of hydrogen-bond acceptors (Lipinski definition) is 3. The van der Waals surface area contributed by atoms with E-state index in [2.05, 4.69) is 48.1 Å². The Morgan fingerprint density at radius 1 is 1.27 bits per heavy atom. The van der Waals surface area contributed by atoms with E-state index in [0.717, 1.165) is 36.2 Å². The number of halogens is 1. The molecule has 0 saturated carbocycles. The van der Waals surface area contributed by atoms with Crippen molar-refractivity contribution in [3.8, 4) is 0 Å². The minimum atomic E-state index is 0.261. The zero-order valence-electron chi connectivity index (χ0n) is 13.5. The van der Waals surface area contributed by atoms with Gasteiger partial charge in [-0.2, -0.15) is 0 Å². The van der Waals surface area contributed by atoms with Gasteiger partial charge in [-0.3, -0.25) is 4.98 Å². The first-order valence-corrected chi connectivity index (χ1v) is 8.21. The Hall–Kier alpha value is -1.58. The summed E-state index contributed by atoms with van der Waals surface area (Å²) in [6.07, 6.45) is 6.25. The fourth-order valence-electron chi connectivity index (χ4n) is 2.44. The van der Waals surface area contributed by atoms with Gasteiger partial charge in [-0.1, -0.05) is 37.6 Å². The first kappa shape index (κ1) is 16.8. The third-order valence-corrected chi connectivity index (χ3v) is 4.01. The standard InChI is InChI=1S/C18H24ClN3/c1-4-22(5-2)12-6-7-14(3)21-17-10-11-20-18-13-15(19)8-9-16(17)18/h6-11,13-14H,4-5,12H2,1-3H3,(H,20,21)/b7-6-. The summed E-state index contributed by atoms with van der Waals surface area (Å²) in [5.74, 6) is 0. The van der Waals surface area contributed by atoms with Gasteiger partial charge in [-0.25, -0.2) is 0 Å². The molecule has 0 radical (unpaired) electrons. The lowest BCUT2D eigenvalue weighted by Gasteiger charge is -2.16. The first-order chi connectivity index (χ1) is 10.6. The van der Waals surface area contributed by atoms with Gasteiger partial charge < -0.3 is 10.2 Å². The van der Waals surface area contributed by atoms with Crippen molar-refractivity contribution in [3.63, 3.8) is 0 Å². The molecule has 0 aliphatic rings. The van der Waals surface area contributed by atoms with Crippen LogP contribution in [-0.2, 0) is 0 Å². The second-order valence-electron chi connectivity index (χ2n) is 5.37. The molecule has 0 amide bonds. The molecule has 118 valence electrons. The Morgan fingerprint density at radius 3 is 2.77 bits per heavy atom. The number of anilines is 1. The van der Waals surface area contributed by atoms with Gasteiger partial charge in [0, 0.05) is 34.9 Å². The lowest BCUT2D eigenvalue weighted by atomic mass is 10.1. The summed E-state index contributed by atoms with van der Waals surface area (Å²) in [5.41, 5.74) is 2.00. The van der Waals surface area contributed by atoms with E-state index in [9.17, 15) is 0 Å². The van der Waals surface area contributed by atoms with E-state index in [0.29, 0.717) is 5.02 Å². The van der Waals surface area contributed by atoms with E-state index >= 15 is 0 Å². The van der Waals surface area contributed by atoms with Crippen molar-refractivity contribution in [3.05, 3.63) is 47.6 Å². The monoisotopic (exact) mass is 317 g/mol. The maximum Gasteiger partial charge on any atom is 0.0737 e. The van der Waals surface area contributed by atoms with Crippen LogP contribution in [0.4, 0.5) is 5.69 Å². The lowest BCUT2D eigenvalue weighted by Crippen LogP contribution is -2.23. The Morgan fingerprint density at radius 2 is 2.05 bits per heavy atom. The van der Waals surface area contributed by atoms with Crippen molar-refractivity contribution in [2.45, 2.75) is 26.8 Å². The summed E-state index contributed by atoms with van der Waals surface area (Å²) in [7, 11) is 0. The maximum atomic E-state index is 6.03. The molecule has 1 N–H and O–H groups in total. The van der Waals surface area contributed by atoms with E-state index in [1.165, 1.54) is 0 Å². The van der Waals surface area contributed by atoms with E-state index in [-0.39, 0.29) is 6.04 Å². The minimum Gasteiger partial charge on any atom is -0.379 e. The Bertz CT molecular complexity index is 635. The summed E-state index contributed by atoms with van der Waals surface area (Å²) in [6, 6.07) is 8.07. The number of rotatable bonds is 7. The number of nitrogens with one attached hydrogen (secondary N) is 1. The molecule has 0 aliphatic heterocycles. The Balaban J connectivity index is 2.05. The van der Waals surface area contributed by atoms with Crippen LogP contribution in [0.2, 0.25) is 5.02 Å². The molecule has 1 heterocycles. The Kier molecular flexibility index (Phi) is 6.22. The van der Waals surface area contributed by atoms with E-state index in [1.54, 1.807) is 0 Å². The van der Waals surface area contributed by atoms with Crippen LogP contribution in [0.15, 0.2) is 42.6 Å². The highest BCUT2D eigenvalue weighted by Crippen LogP contribution is 2.24. The predicted molar refractivity (Wildman–Crippen MR) is 96.8 cm³/mol.